The van der Waals surface area contributed by atoms with Crippen molar-refractivity contribution >= 4 is 19.8 Å². The molecular formula is C39H77O8P. The first-order valence-electron chi connectivity index (χ1n) is 20.2. The highest BCUT2D eigenvalue weighted by Crippen LogP contribution is 2.48. The predicted octanol–water partition coefficient (Wildman–Crippen LogP) is 12.6. The largest absolute Gasteiger partial charge is 0.474 e. The van der Waals surface area contributed by atoms with Crippen LogP contribution in [0.25, 0.3) is 0 Å². The molecule has 0 aliphatic heterocycles. The molecule has 2 unspecified atom stereocenters. The number of carbonyl (C=O) groups excluding carboxylic acids is 2. The smallest absolute Gasteiger partial charge is 0.462 e. The molecule has 2 atom stereocenters. The van der Waals surface area contributed by atoms with Crippen LogP contribution in [0.2, 0.25) is 0 Å². The monoisotopic (exact) mass is 705 g/mol. The Hall–Kier alpha value is -0.950. The van der Waals surface area contributed by atoms with Gasteiger partial charge in [-0.15, -0.1) is 0 Å². The zero-order valence-corrected chi connectivity index (χ0v) is 32.8. The fourth-order valence-corrected chi connectivity index (χ4v) is 6.75. The van der Waals surface area contributed by atoms with Gasteiger partial charge in [0.1, 0.15) is 6.61 Å². The summed E-state index contributed by atoms with van der Waals surface area (Å²) in [5, 5.41) is 0. The Morgan fingerprint density at radius 2 is 0.854 bits per heavy atom. The van der Waals surface area contributed by atoms with Gasteiger partial charge in [-0.3, -0.25) is 23.2 Å². The normalized spacial score (nSPS) is 13.3. The van der Waals surface area contributed by atoms with Gasteiger partial charge >= 0.3 is 19.8 Å². The Kier molecular flexibility index (Phi) is 35.2. The van der Waals surface area contributed by atoms with Crippen LogP contribution in [-0.4, -0.2) is 45.0 Å². The molecule has 0 rings (SSSR count). The summed E-state index contributed by atoms with van der Waals surface area (Å²) < 4.78 is 39.4. The number of hydrogen-bond donors (Lipinski definition) is 0. The first kappa shape index (κ1) is 47.0. The Morgan fingerprint density at radius 3 is 1.23 bits per heavy atom. The molecule has 0 spiro atoms. The molecule has 9 heteroatoms. The minimum atomic E-state index is -3.79. The first-order chi connectivity index (χ1) is 23.4. The summed E-state index contributed by atoms with van der Waals surface area (Å²) in [6.45, 7) is 6.21. The number of phosphoric acid groups is 1. The lowest BCUT2D eigenvalue weighted by Crippen LogP contribution is -2.29. The molecule has 286 valence electrons. The number of esters is 2. The van der Waals surface area contributed by atoms with E-state index in [1.165, 1.54) is 136 Å². The van der Waals surface area contributed by atoms with Crippen LogP contribution in [0.1, 0.15) is 207 Å². The second kappa shape index (κ2) is 35.9. The quantitative estimate of drug-likeness (QED) is 0.0356. The highest BCUT2D eigenvalue weighted by atomic mass is 31.2. The van der Waals surface area contributed by atoms with Gasteiger partial charge in [-0.1, -0.05) is 175 Å². The number of rotatable bonds is 38. The lowest BCUT2D eigenvalue weighted by molar-refractivity contribution is -0.161. The first-order valence-corrected chi connectivity index (χ1v) is 21.7. The third kappa shape index (κ3) is 32.3. The maximum atomic E-state index is 12.7. The fourth-order valence-electron chi connectivity index (χ4n) is 5.71. The SMILES string of the molecule is CCCCCCCCCCCCCCCC(=O)OCC(COP(=O)(OC)OCCC)OC(=O)CCCCCCCCCCCCCCC. The van der Waals surface area contributed by atoms with E-state index in [1.807, 2.05) is 6.92 Å². The van der Waals surface area contributed by atoms with Gasteiger partial charge in [0.15, 0.2) is 6.10 Å². The lowest BCUT2D eigenvalue weighted by Gasteiger charge is -2.21. The van der Waals surface area contributed by atoms with Crippen LogP contribution in [0, 0.1) is 0 Å². The van der Waals surface area contributed by atoms with Gasteiger partial charge < -0.3 is 9.47 Å². The molecule has 0 aromatic rings. The van der Waals surface area contributed by atoms with Gasteiger partial charge in [0.25, 0.3) is 0 Å². The van der Waals surface area contributed by atoms with Crippen LogP contribution in [-0.2, 0) is 37.2 Å². The maximum absolute atomic E-state index is 12.7. The van der Waals surface area contributed by atoms with Gasteiger partial charge in [-0.2, -0.15) is 0 Å². The maximum Gasteiger partial charge on any atom is 0.474 e. The van der Waals surface area contributed by atoms with Crippen molar-refractivity contribution in [3.63, 3.8) is 0 Å². The molecule has 0 saturated heterocycles. The highest BCUT2D eigenvalue weighted by molar-refractivity contribution is 7.48. The molecule has 0 aliphatic carbocycles. The van der Waals surface area contributed by atoms with Crippen LogP contribution >= 0.6 is 7.82 Å². The summed E-state index contributed by atoms with van der Waals surface area (Å²) in [4.78, 5) is 25.1. The van der Waals surface area contributed by atoms with Crippen LogP contribution in [0.4, 0.5) is 0 Å². The van der Waals surface area contributed by atoms with Gasteiger partial charge in [-0.25, -0.2) is 4.57 Å². The summed E-state index contributed by atoms with van der Waals surface area (Å²) in [6.07, 6.45) is 32.5. The van der Waals surface area contributed by atoms with Crippen molar-refractivity contribution in [1.29, 1.82) is 0 Å². The molecule has 0 heterocycles. The minimum absolute atomic E-state index is 0.154. The van der Waals surface area contributed by atoms with Crippen molar-refractivity contribution in [3.8, 4) is 0 Å². The van der Waals surface area contributed by atoms with Gasteiger partial charge in [-0.05, 0) is 19.3 Å². The minimum Gasteiger partial charge on any atom is -0.462 e. The summed E-state index contributed by atoms with van der Waals surface area (Å²) in [6, 6.07) is 0. The Balaban J connectivity index is 4.28. The molecule has 0 amide bonds. The zero-order chi connectivity index (χ0) is 35.4. The molecule has 0 aliphatic rings. The van der Waals surface area contributed by atoms with E-state index in [9.17, 15) is 14.2 Å². The summed E-state index contributed by atoms with van der Waals surface area (Å²) >= 11 is 0. The molecule has 48 heavy (non-hydrogen) atoms. The van der Waals surface area contributed by atoms with Crippen molar-refractivity contribution in [1.82, 2.24) is 0 Å². The Bertz CT molecular complexity index is 762. The summed E-state index contributed by atoms with van der Waals surface area (Å²) in [5.41, 5.74) is 0. The number of unbranched alkanes of at least 4 members (excludes halogenated alkanes) is 24. The highest BCUT2D eigenvalue weighted by Gasteiger charge is 2.28. The van der Waals surface area contributed by atoms with E-state index < -0.39 is 13.9 Å². The third-order valence-corrected chi connectivity index (χ3v) is 10.2. The van der Waals surface area contributed by atoms with Crippen LogP contribution in [0.5, 0.6) is 0 Å². The average Bonchev–Trinajstić information content (AvgIpc) is 3.09. The second-order valence-corrected chi connectivity index (χ2v) is 15.3. The van der Waals surface area contributed by atoms with Gasteiger partial charge in [0.2, 0.25) is 0 Å². The molecule has 0 aromatic carbocycles. The Labute approximate surface area is 296 Å². The topological polar surface area (TPSA) is 97.4 Å². The van der Waals surface area contributed by atoms with E-state index in [0.29, 0.717) is 12.8 Å². The molecule has 0 radical (unpaired) electrons. The van der Waals surface area contributed by atoms with E-state index in [4.69, 9.17) is 23.0 Å². The predicted molar refractivity (Wildman–Crippen MR) is 198 cm³/mol. The molecule has 0 bridgehead atoms. The number of phosphoric ester groups is 1. The second-order valence-electron chi connectivity index (χ2n) is 13.5. The van der Waals surface area contributed by atoms with Crippen LogP contribution < -0.4 is 0 Å². The summed E-state index contributed by atoms with van der Waals surface area (Å²) in [5.74, 6) is -0.700. The third-order valence-electron chi connectivity index (χ3n) is 8.79. The summed E-state index contributed by atoms with van der Waals surface area (Å²) in [7, 11) is -2.54. The van der Waals surface area contributed by atoms with E-state index in [-0.39, 0.29) is 38.2 Å². The lowest BCUT2D eigenvalue weighted by atomic mass is 10.0. The van der Waals surface area contributed by atoms with E-state index in [1.54, 1.807) is 0 Å². The standard InChI is InChI=1S/C39H77O8P/c1-5-8-10-12-14-16-18-20-22-24-26-28-30-32-38(40)44-35-37(36-46-48(42,43-4)45-34-7-3)47-39(41)33-31-29-27-25-23-21-19-17-15-13-11-9-6-2/h37H,5-36H2,1-4H3. The van der Waals surface area contributed by atoms with Crippen LogP contribution in [0.15, 0.2) is 0 Å². The van der Waals surface area contributed by atoms with E-state index in [0.717, 1.165) is 38.5 Å². The zero-order valence-electron chi connectivity index (χ0n) is 31.9. The van der Waals surface area contributed by atoms with Crippen molar-refractivity contribution in [2.24, 2.45) is 0 Å². The molecular weight excluding hydrogens is 627 g/mol. The van der Waals surface area contributed by atoms with Gasteiger partial charge in [0.05, 0.1) is 13.2 Å². The van der Waals surface area contributed by atoms with Crippen molar-refractivity contribution in [3.05, 3.63) is 0 Å². The van der Waals surface area contributed by atoms with Crippen molar-refractivity contribution < 1.29 is 37.2 Å². The Morgan fingerprint density at radius 1 is 0.479 bits per heavy atom. The number of hydrogen-bond acceptors (Lipinski definition) is 8. The fraction of sp³-hybridized carbons (Fsp3) is 0.949. The average molecular weight is 705 g/mol. The number of carbonyl (C=O) groups is 2. The molecule has 0 N–H and O–H groups in total. The van der Waals surface area contributed by atoms with Gasteiger partial charge in [0, 0.05) is 20.0 Å². The van der Waals surface area contributed by atoms with E-state index >= 15 is 0 Å². The molecule has 0 fully saturated rings. The molecule has 0 aromatic heterocycles. The molecule has 0 saturated carbocycles. The van der Waals surface area contributed by atoms with Crippen LogP contribution in [0.3, 0.4) is 0 Å². The van der Waals surface area contributed by atoms with Crippen molar-refractivity contribution in [2.75, 3.05) is 26.9 Å². The van der Waals surface area contributed by atoms with Crippen molar-refractivity contribution in [2.45, 2.75) is 213 Å². The number of ether oxygens (including phenoxy) is 2. The molecule has 8 nitrogen and oxygen atoms in total. The van der Waals surface area contributed by atoms with E-state index in [2.05, 4.69) is 13.8 Å².